The number of benzene rings is 1. The number of amides is 1. The molecular weight excluding hydrogens is 354 g/mol. The first-order chi connectivity index (χ1) is 13.5. The number of ether oxygens (including phenoxy) is 1. The topological polar surface area (TPSA) is 79.4 Å². The molecule has 1 amide bonds. The summed E-state index contributed by atoms with van der Waals surface area (Å²) < 4.78 is 5.30. The lowest BCUT2D eigenvalue weighted by molar-refractivity contribution is 0.0952. The van der Waals surface area contributed by atoms with Crippen LogP contribution in [0.3, 0.4) is 0 Å². The van der Waals surface area contributed by atoms with Crippen molar-refractivity contribution in [2.24, 2.45) is 0 Å². The van der Waals surface area contributed by atoms with Gasteiger partial charge in [0.2, 0.25) is 5.82 Å². The quantitative estimate of drug-likeness (QED) is 0.761. The zero-order chi connectivity index (χ0) is 20.1. The van der Waals surface area contributed by atoms with Gasteiger partial charge in [-0.1, -0.05) is 24.3 Å². The molecule has 2 aromatic rings. The van der Waals surface area contributed by atoms with Crippen LogP contribution in [-0.4, -0.2) is 49.2 Å². The summed E-state index contributed by atoms with van der Waals surface area (Å²) >= 11 is 0. The second-order valence-corrected chi connectivity index (χ2v) is 7.17. The van der Waals surface area contributed by atoms with Crippen LogP contribution in [0.4, 0.5) is 5.82 Å². The van der Waals surface area contributed by atoms with Crippen LogP contribution in [0.15, 0.2) is 24.3 Å². The number of carbonyl (C=O) groups is 1. The number of nitrogens with zero attached hydrogens (tertiary/aromatic N) is 3. The smallest absolute Gasteiger partial charge is 0.288 e. The van der Waals surface area contributed by atoms with E-state index in [1.807, 2.05) is 19.9 Å². The van der Waals surface area contributed by atoms with E-state index in [9.17, 15) is 4.79 Å². The molecule has 0 saturated carbocycles. The number of hydrogen-bond acceptors (Lipinski definition) is 6. The van der Waals surface area contributed by atoms with E-state index < -0.39 is 0 Å². The summed E-state index contributed by atoms with van der Waals surface area (Å²) in [5.41, 5.74) is 4.34. The number of aromatic nitrogens is 2. The van der Waals surface area contributed by atoms with Crippen molar-refractivity contribution in [3.8, 4) is 0 Å². The predicted molar refractivity (Wildman–Crippen MR) is 110 cm³/mol. The average molecular weight is 383 g/mol. The molecule has 1 aromatic carbocycles. The van der Waals surface area contributed by atoms with Crippen molar-refractivity contribution in [2.45, 2.75) is 39.5 Å². The van der Waals surface area contributed by atoms with Gasteiger partial charge in [0.15, 0.2) is 0 Å². The van der Waals surface area contributed by atoms with Gasteiger partial charge in [0.05, 0.1) is 6.61 Å². The van der Waals surface area contributed by atoms with Crippen LogP contribution < -0.4 is 15.5 Å². The molecule has 0 spiro atoms. The lowest BCUT2D eigenvalue weighted by Gasteiger charge is -2.21. The van der Waals surface area contributed by atoms with Crippen molar-refractivity contribution in [1.82, 2.24) is 20.6 Å². The standard InChI is InChI=1S/C21H29N5O2/c1-14-15(2)24-19(21(27)22-3)25-20(14)26-10-9-18(12-26)23-11-16-7-5-6-8-17(16)13-28-4/h5-8,18,23H,9-13H2,1-4H3,(H,22,27)/t18-/m1/s1. The van der Waals surface area contributed by atoms with Crippen LogP contribution in [0.25, 0.3) is 0 Å². The summed E-state index contributed by atoms with van der Waals surface area (Å²) in [6.45, 7) is 7.13. The Bertz CT molecular complexity index is 840. The maximum absolute atomic E-state index is 12.0. The summed E-state index contributed by atoms with van der Waals surface area (Å²) in [6, 6.07) is 8.72. The molecule has 1 aliphatic rings. The molecule has 1 aliphatic heterocycles. The van der Waals surface area contributed by atoms with E-state index in [4.69, 9.17) is 4.74 Å². The fraction of sp³-hybridized carbons (Fsp3) is 0.476. The Kier molecular flexibility index (Phi) is 6.59. The summed E-state index contributed by atoms with van der Waals surface area (Å²) in [7, 11) is 3.32. The van der Waals surface area contributed by atoms with Crippen LogP contribution in [0.5, 0.6) is 0 Å². The summed E-state index contributed by atoms with van der Waals surface area (Å²) in [5.74, 6) is 0.827. The molecule has 1 fully saturated rings. The van der Waals surface area contributed by atoms with Gasteiger partial charge in [0.1, 0.15) is 5.82 Å². The number of methoxy groups -OCH3 is 1. The van der Waals surface area contributed by atoms with Crippen LogP contribution in [-0.2, 0) is 17.9 Å². The van der Waals surface area contributed by atoms with Gasteiger partial charge >= 0.3 is 0 Å². The van der Waals surface area contributed by atoms with E-state index in [1.54, 1.807) is 14.2 Å². The van der Waals surface area contributed by atoms with Gasteiger partial charge in [-0.05, 0) is 31.4 Å². The van der Waals surface area contributed by atoms with E-state index in [0.29, 0.717) is 12.6 Å². The summed E-state index contributed by atoms with van der Waals surface area (Å²) in [6.07, 6.45) is 1.03. The van der Waals surface area contributed by atoms with Crippen molar-refractivity contribution in [3.63, 3.8) is 0 Å². The Morgan fingerprint density at radius 2 is 2.00 bits per heavy atom. The molecule has 28 heavy (non-hydrogen) atoms. The SMILES string of the molecule is CNC(=O)c1nc(C)c(C)c(N2CC[C@@H](NCc3ccccc3COC)C2)n1. The number of rotatable bonds is 7. The monoisotopic (exact) mass is 383 g/mol. The Labute approximate surface area is 166 Å². The number of anilines is 1. The van der Waals surface area contributed by atoms with E-state index in [1.165, 1.54) is 11.1 Å². The number of nitrogens with one attached hydrogen (secondary N) is 2. The molecule has 0 radical (unpaired) electrons. The molecule has 2 heterocycles. The van der Waals surface area contributed by atoms with Gasteiger partial charge < -0.3 is 20.3 Å². The van der Waals surface area contributed by atoms with Crippen molar-refractivity contribution < 1.29 is 9.53 Å². The van der Waals surface area contributed by atoms with E-state index >= 15 is 0 Å². The van der Waals surface area contributed by atoms with Gasteiger partial charge in [-0.15, -0.1) is 0 Å². The maximum atomic E-state index is 12.0. The first-order valence-electron chi connectivity index (χ1n) is 9.64. The molecule has 0 aliphatic carbocycles. The molecule has 1 aromatic heterocycles. The molecule has 1 saturated heterocycles. The Morgan fingerprint density at radius 3 is 2.71 bits per heavy atom. The molecule has 0 bridgehead atoms. The normalized spacial score (nSPS) is 16.4. The first-order valence-corrected chi connectivity index (χ1v) is 9.64. The molecule has 1 atom stereocenters. The second kappa shape index (κ2) is 9.12. The predicted octanol–water partition coefficient (Wildman–Crippen LogP) is 1.97. The zero-order valence-electron chi connectivity index (χ0n) is 17.1. The molecule has 2 N–H and O–H groups in total. The molecular formula is C21H29N5O2. The lowest BCUT2D eigenvalue weighted by atomic mass is 10.1. The van der Waals surface area contributed by atoms with Gasteiger partial charge in [-0.25, -0.2) is 9.97 Å². The third-order valence-corrected chi connectivity index (χ3v) is 5.28. The van der Waals surface area contributed by atoms with Gasteiger partial charge in [-0.3, -0.25) is 4.79 Å². The van der Waals surface area contributed by atoms with Gasteiger partial charge in [0, 0.05) is 51.1 Å². The van der Waals surface area contributed by atoms with Crippen LogP contribution >= 0.6 is 0 Å². The Hall–Kier alpha value is -2.51. The fourth-order valence-corrected chi connectivity index (χ4v) is 3.53. The van der Waals surface area contributed by atoms with Crippen molar-refractivity contribution >= 4 is 11.7 Å². The molecule has 150 valence electrons. The highest BCUT2D eigenvalue weighted by atomic mass is 16.5. The largest absolute Gasteiger partial charge is 0.380 e. The number of hydrogen-bond donors (Lipinski definition) is 2. The third-order valence-electron chi connectivity index (χ3n) is 5.28. The minimum Gasteiger partial charge on any atom is -0.380 e. The zero-order valence-corrected chi connectivity index (χ0v) is 17.1. The fourth-order valence-electron chi connectivity index (χ4n) is 3.53. The highest BCUT2D eigenvalue weighted by molar-refractivity contribution is 5.90. The third kappa shape index (κ3) is 4.48. The molecule has 7 heteroatoms. The average Bonchev–Trinajstić information content (AvgIpc) is 3.17. The minimum absolute atomic E-state index is 0.227. The van der Waals surface area contributed by atoms with Gasteiger partial charge in [0.25, 0.3) is 5.91 Å². The van der Waals surface area contributed by atoms with Crippen molar-refractivity contribution in [3.05, 3.63) is 52.5 Å². The second-order valence-electron chi connectivity index (χ2n) is 7.17. The van der Waals surface area contributed by atoms with Crippen LogP contribution in [0, 0.1) is 13.8 Å². The minimum atomic E-state index is -0.257. The van der Waals surface area contributed by atoms with Crippen molar-refractivity contribution in [2.75, 3.05) is 32.1 Å². The summed E-state index contributed by atoms with van der Waals surface area (Å²) in [5, 5.41) is 6.26. The summed E-state index contributed by atoms with van der Waals surface area (Å²) in [4.78, 5) is 23.1. The van der Waals surface area contributed by atoms with Gasteiger partial charge in [-0.2, -0.15) is 0 Å². The maximum Gasteiger partial charge on any atom is 0.288 e. The Balaban J connectivity index is 1.68. The Morgan fingerprint density at radius 1 is 1.25 bits per heavy atom. The van der Waals surface area contributed by atoms with Crippen LogP contribution in [0.1, 0.15) is 39.4 Å². The lowest BCUT2D eigenvalue weighted by Crippen LogP contribution is -2.33. The van der Waals surface area contributed by atoms with E-state index in [2.05, 4.69) is 43.7 Å². The molecule has 0 unspecified atom stereocenters. The highest BCUT2D eigenvalue weighted by Gasteiger charge is 2.26. The number of aryl methyl sites for hydroxylation is 1. The van der Waals surface area contributed by atoms with Crippen LogP contribution in [0.2, 0.25) is 0 Å². The van der Waals surface area contributed by atoms with E-state index in [0.717, 1.165) is 43.1 Å². The highest BCUT2D eigenvalue weighted by Crippen LogP contribution is 2.24. The van der Waals surface area contributed by atoms with E-state index in [-0.39, 0.29) is 11.7 Å². The molecule has 3 rings (SSSR count). The first kappa shape index (κ1) is 20.2. The van der Waals surface area contributed by atoms with Crippen molar-refractivity contribution in [1.29, 1.82) is 0 Å². The molecule has 7 nitrogen and oxygen atoms in total. The number of carbonyl (C=O) groups excluding carboxylic acids is 1.